The Bertz CT molecular complexity index is 1260. The number of nitrogens with zero attached hydrogens (tertiary/aromatic N) is 6. The van der Waals surface area contributed by atoms with Crippen molar-refractivity contribution in [3.05, 3.63) is 29.4 Å². The van der Waals surface area contributed by atoms with E-state index in [9.17, 15) is 4.79 Å². The summed E-state index contributed by atoms with van der Waals surface area (Å²) in [5.41, 5.74) is 10.1. The lowest BCUT2D eigenvalue weighted by Gasteiger charge is -2.29. The van der Waals surface area contributed by atoms with Crippen LogP contribution in [0.4, 0.5) is 16.7 Å². The van der Waals surface area contributed by atoms with Crippen LogP contribution in [0.25, 0.3) is 27.0 Å². The second kappa shape index (κ2) is 9.41. The molecule has 0 radical (unpaired) electrons. The fourth-order valence-electron chi connectivity index (χ4n) is 4.43. The Morgan fingerprint density at radius 2 is 1.83 bits per heavy atom. The predicted octanol–water partition coefficient (Wildman–Crippen LogP) is 4.75. The van der Waals surface area contributed by atoms with Gasteiger partial charge in [-0.3, -0.25) is 0 Å². The van der Waals surface area contributed by atoms with Gasteiger partial charge in [-0.2, -0.15) is 0 Å². The third-order valence-electron chi connectivity index (χ3n) is 6.19. The number of ether oxygens (including phenoxy) is 1. The highest BCUT2D eigenvalue weighted by molar-refractivity contribution is 7.18. The Morgan fingerprint density at radius 3 is 2.49 bits per heavy atom. The molecule has 0 aromatic carbocycles. The number of hydrogen-bond donors (Lipinski definition) is 1. The van der Waals surface area contributed by atoms with Gasteiger partial charge in [-0.05, 0) is 52.0 Å². The molecule has 10 heteroatoms. The summed E-state index contributed by atoms with van der Waals surface area (Å²) in [4.78, 5) is 34.9. The summed E-state index contributed by atoms with van der Waals surface area (Å²) < 4.78 is 6.55. The van der Waals surface area contributed by atoms with Crippen molar-refractivity contribution in [1.82, 2.24) is 24.8 Å². The van der Waals surface area contributed by atoms with E-state index >= 15 is 0 Å². The lowest BCUT2D eigenvalue weighted by Crippen LogP contribution is -2.39. The number of aromatic nitrogens is 4. The van der Waals surface area contributed by atoms with Crippen molar-refractivity contribution in [3.8, 4) is 11.3 Å². The van der Waals surface area contributed by atoms with Gasteiger partial charge in [-0.15, -0.1) is 11.3 Å². The number of carbonyl (C=O) groups is 1. The van der Waals surface area contributed by atoms with E-state index in [0.717, 1.165) is 65.3 Å². The number of amides is 1. The third kappa shape index (κ3) is 5.07. The first-order valence-corrected chi connectivity index (χ1v) is 13.0. The van der Waals surface area contributed by atoms with Crippen molar-refractivity contribution in [2.24, 2.45) is 0 Å². The quantitative estimate of drug-likeness (QED) is 0.557. The van der Waals surface area contributed by atoms with Crippen LogP contribution in [0.5, 0.6) is 0 Å². The molecule has 0 unspecified atom stereocenters. The van der Waals surface area contributed by atoms with Crippen LogP contribution in [0.15, 0.2) is 23.8 Å². The van der Waals surface area contributed by atoms with Gasteiger partial charge in [0.2, 0.25) is 11.9 Å². The number of rotatable bonds is 3. The molecular formula is C25H31N7O2S. The number of fused-ring (bicyclic) bond motifs is 1. The van der Waals surface area contributed by atoms with Crippen molar-refractivity contribution in [2.45, 2.75) is 52.1 Å². The van der Waals surface area contributed by atoms with Gasteiger partial charge in [0.05, 0.1) is 15.9 Å². The first-order valence-electron chi connectivity index (χ1n) is 12.1. The molecule has 2 aliphatic rings. The van der Waals surface area contributed by atoms with E-state index in [4.69, 9.17) is 20.4 Å². The van der Waals surface area contributed by atoms with Gasteiger partial charge < -0.3 is 20.3 Å². The van der Waals surface area contributed by atoms with E-state index < -0.39 is 5.60 Å². The summed E-state index contributed by atoms with van der Waals surface area (Å²) in [6.07, 6.45) is 9.56. The van der Waals surface area contributed by atoms with E-state index in [1.165, 1.54) is 12.0 Å². The molecule has 9 nitrogen and oxygen atoms in total. The molecule has 5 rings (SSSR count). The summed E-state index contributed by atoms with van der Waals surface area (Å²) in [5.74, 6) is 0.986. The minimum Gasteiger partial charge on any atom is -0.444 e. The Kier molecular flexibility index (Phi) is 6.31. The molecule has 1 fully saturated rings. The Hall–Kier alpha value is -3.27. The van der Waals surface area contributed by atoms with Crippen LogP contribution in [0.2, 0.25) is 0 Å². The number of anilines is 2. The molecule has 0 saturated carbocycles. The summed E-state index contributed by atoms with van der Waals surface area (Å²) >= 11 is 1.63. The highest BCUT2D eigenvalue weighted by Gasteiger charge is 2.26. The lowest BCUT2D eigenvalue weighted by molar-refractivity contribution is 0.0270. The van der Waals surface area contributed by atoms with E-state index in [1.807, 2.05) is 20.8 Å². The average Bonchev–Trinajstić information content (AvgIpc) is 3.28. The van der Waals surface area contributed by atoms with Crippen molar-refractivity contribution >= 4 is 45.1 Å². The first-order chi connectivity index (χ1) is 16.8. The SMILES string of the molecule is CC(C)(C)OC(=O)N1CC=C(c2csc3c(-c4cnc(N)nc4)nc(N4CCCCC4)nc23)CC1. The van der Waals surface area contributed by atoms with Gasteiger partial charge >= 0.3 is 6.09 Å². The average molecular weight is 494 g/mol. The molecule has 0 atom stereocenters. The summed E-state index contributed by atoms with van der Waals surface area (Å²) in [5, 5.41) is 2.15. The second-order valence-corrected chi connectivity index (χ2v) is 10.9. The minimum atomic E-state index is -0.505. The number of hydrogen-bond acceptors (Lipinski definition) is 9. The molecule has 0 spiro atoms. The fourth-order valence-corrected chi connectivity index (χ4v) is 5.47. The van der Waals surface area contributed by atoms with E-state index in [0.29, 0.717) is 13.1 Å². The normalized spacial score (nSPS) is 16.9. The van der Waals surface area contributed by atoms with Crippen LogP contribution in [0, 0.1) is 0 Å². The number of nitrogens with two attached hydrogens (primary N) is 1. The number of carbonyl (C=O) groups excluding carboxylic acids is 1. The zero-order chi connectivity index (χ0) is 24.6. The van der Waals surface area contributed by atoms with Crippen molar-refractivity contribution in [2.75, 3.05) is 36.8 Å². The molecule has 0 bridgehead atoms. The van der Waals surface area contributed by atoms with Gasteiger partial charge in [0.15, 0.2) is 0 Å². The monoisotopic (exact) mass is 493 g/mol. The smallest absolute Gasteiger partial charge is 0.410 e. The molecule has 3 aromatic heterocycles. The maximum absolute atomic E-state index is 12.5. The molecule has 1 amide bonds. The zero-order valence-corrected chi connectivity index (χ0v) is 21.3. The topological polar surface area (TPSA) is 110 Å². The Balaban J connectivity index is 1.52. The Morgan fingerprint density at radius 1 is 1.09 bits per heavy atom. The van der Waals surface area contributed by atoms with Gasteiger partial charge in [-0.25, -0.2) is 24.7 Å². The van der Waals surface area contributed by atoms with E-state index in [-0.39, 0.29) is 12.0 Å². The molecule has 2 N–H and O–H groups in total. The van der Waals surface area contributed by atoms with Gasteiger partial charge in [0, 0.05) is 55.1 Å². The molecule has 35 heavy (non-hydrogen) atoms. The zero-order valence-electron chi connectivity index (χ0n) is 20.5. The van der Waals surface area contributed by atoms with Crippen LogP contribution in [-0.4, -0.2) is 62.7 Å². The number of nitrogen functional groups attached to an aromatic ring is 1. The van der Waals surface area contributed by atoms with Gasteiger partial charge in [0.25, 0.3) is 0 Å². The molecule has 184 valence electrons. The van der Waals surface area contributed by atoms with Crippen LogP contribution in [-0.2, 0) is 4.74 Å². The highest BCUT2D eigenvalue weighted by atomic mass is 32.1. The second-order valence-electron chi connectivity index (χ2n) is 9.98. The van der Waals surface area contributed by atoms with Crippen molar-refractivity contribution < 1.29 is 9.53 Å². The number of thiophene rings is 1. The largest absolute Gasteiger partial charge is 0.444 e. The first kappa shape index (κ1) is 23.5. The lowest BCUT2D eigenvalue weighted by atomic mass is 10.0. The van der Waals surface area contributed by atoms with Crippen molar-refractivity contribution in [1.29, 1.82) is 0 Å². The summed E-state index contributed by atoms with van der Waals surface area (Å²) in [6, 6.07) is 0. The molecule has 2 aliphatic heterocycles. The predicted molar refractivity (Wildman–Crippen MR) is 139 cm³/mol. The van der Waals surface area contributed by atoms with Crippen LogP contribution < -0.4 is 10.6 Å². The van der Waals surface area contributed by atoms with Crippen LogP contribution >= 0.6 is 11.3 Å². The maximum atomic E-state index is 12.5. The van der Waals surface area contributed by atoms with Gasteiger partial charge in [-0.1, -0.05) is 6.08 Å². The Labute approximate surface area is 209 Å². The molecule has 0 aliphatic carbocycles. The van der Waals surface area contributed by atoms with Crippen molar-refractivity contribution in [3.63, 3.8) is 0 Å². The van der Waals surface area contributed by atoms with Gasteiger partial charge in [0.1, 0.15) is 5.60 Å². The van der Waals surface area contributed by atoms with Crippen LogP contribution in [0.3, 0.4) is 0 Å². The number of piperidine rings is 1. The highest BCUT2D eigenvalue weighted by Crippen LogP contribution is 2.38. The molecule has 3 aromatic rings. The standard InChI is InChI=1S/C25H31N7O2S/c1-25(2,3)34-24(33)32-11-7-16(8-12-32)18-15-35-21-19(17-13-27-22(26)28-14-17)29-23(30-20(18)21)31-9-5-4-6-10-31/h7,13-15H,4-6,8-12H2,1-3H3,(H2,26,27,28). The van der Waals surface area contributed by atoms with E-state index in [1.54, 1.807) is 28.6 Å². The van der Waals surface area contributed by atoms with E-state index in [2.05, 4.69) is 26.3 Å². The summed E-state index contributed by atoms with van der Waals surface area (Å²) in [7, 11) is 0. The summed E-state index contributed by atoms with van der Waals surface area (Å²) in [6.45, 7) is 8.70. The molecular weight excluding hydrogens is 462 g/mol. The maximum Gasteiger partial charge on any atom is 0.410 e. The minimum absolute atomic E-state index is 0.240. The molecule has 1 saturated heterocycles. The third-order valence-corrected chi connectivity index (χ3v) is 7.17. The van der Waals surface area contributed by atoms with Crippen LogP contribution in [0.1, 0.15) is 52.0 Å². The molecule has 5 heterocycles. The fraction of sp³-hybridized carbons (Fsp3) is 0.480.